The summed E-state index contributed by atoms with van der Waals surface area (Å²) < 4.78 is 6.53. The normalized spacial score (nSPS) is 13.6. The molecule has 0 unspecified atom stereocenters. The molecule has 1 aliphatic rings. The summed E-state index contributed by atoms with van der Waals surface area (Å²) in [5.74, 6) is 1.21. The fourth-order valence-corrected chi connectivity index (χ4v) is 4.56. The van der Waals surface area contributed by atoms with Gasteiger partial charge >= 0.3 is 0 Å². The lowest BCUT2D eigenvalue weighted by Gasteiger charge is -2.04. The predicted octanol–water partition coefficient (Wildman–Crippen LogP) is 4.90. The van der Waals surface area contributed by atoms with Crippen molar-refractivity contribution in [1.82, 2.24) is 5.16 Å². The maximum atomic E-state index is 6.05. The first-order valence-corrected chi connectivity index (χ1v) is 8.47. The highest BCUT2D eigenvalue weighted by Gasteiger charge is 2.23. The van der Waals surface area contributed by atoms with Crippen molar-refractivity contribution in [1.29, 1.82) is 0 Å². The van der Waals surface area contributed by atoms with Gasteiger partial charge in [-0.25, -0.2) is 0 Å². The Kier molecular flexibility index (Phi) is 3.12. The van der Waals surface area contributed by atoms with Gasteiger partial charge in [0.05, 0.1) is 10.4 Å². The van der Waals surface area contributed by atoms with Crippen LogP contribution >= 0.6 is 27.3 Å². The molecule has 1 aliphatic carbocycles. The molecule has 0 amide bonds. The number of anilines is 1. The van der Waals surface area contributed by atoms with Gasteiger partial charge in [-0.1, -0.05) is 39.3 Å². The van der Waals surface area contributed by atoms with Gasteiger partial charge in [0.2, 0.25) is 0 Å². The van der Waals surface area contributed by atoms with Gasteiger partial charge in [0, 0.05) is 14.9 Å². The molecule has 4 rings (SSSR count). The second-order valence-electron chi connectivity index (χ2n) is 5.16. The molecular weight excluding hydrogens is 348 g/mol. The summed E-state index contributed by atoms with van der Waals surface area (Å²) in [5, 5.41) is 3.98. The van der Waals surface area contributed by atoms with Crippen LogP contribution in [-0.2, 0) is 12.8 Å². The van der Waals surface area contributed by atoms with Gasteiger partial charge in [-0.3, -0.25) is 0 Å². The van der Waals surface area contributed by atoms with Gasteiger partial charge in [0.25, 0.3) is 0 Å². The Morgan fingerprint density at radius 1 is 1.24 bits per heavy atom. The van der Waals surface area contributed by atoms with E-state index in [-0.39, 0.29) is 0 Å². The van der Waals surface area contributed by atoms with Crippen molar-refractivity contribution in [3.8, 4) is 21.8 Å². The minimum Gasteiger partial charge on any atom is -0.380 e. The number of rotatable bonds is 2. The maximum Gasteiger partial charge on any atom is 0.186 e. The first-order chi connectivity index (χ1) is 10.2. The molecule has 2 heterocycles. The highest BCUT2D eigenvalue weighted by molar-refractivity contribution is 9.10. The second kappa shape index (κ2) is 5.00. The van der Waals surface area contributed by atoms with Crippen LogP contribution in [0.25, 0.3) is 21.8 Å². The fraction of sp³-hybridized carbons (Fsp3) is 0.188. The monoisotopic (exact) mass is 360 g/mol. The van der Waals surface area contributed by atoms with Gasteiger partial charge in [0.1, 0.15) is 0 Å². The van der Waals surface area contributed by atoms with Gasteiger partial charge in [-0.15, -0.1) is 11.3 Å². The molecule has 0 saturated carbocycles. The topological polar surface area (TPSA) is 52.0 Å². The van der Waals surface area contributed by atoms with Crippen molar-refractivity contribution >= 4 is 33.1 Å². The smallest absolute Gasteiger partial charge is 0.186 e. The first kappa shape index (κ1) is 13.1. The minimum absolute atomic E-state index is 0.436. The number of thiophene rings is 1. The molecule has 3 nitrogen and oxygen atoms in total. The first-order valence-electron chi connectivity index (χ1n) is 6.86. The van der Waals surface area contributed by atoms with Crippen molar-refractivity contribution in [2.24, 2.45) is 0 Å². The Bertz CT molecular complexity index is 800. The summed E-state index contributed by atoms with van der Waals surface area (Å²) in [6, 6.07) is 10.2. The molecular formula is C16H13BrN2OS. The quantitative estimate of drug-likeness (QED) is 0.706. The number of aryl methyl sites for hydroxylation is 2. The number of nitrogen functional groups attached to an aromatic ring is 1. The fourth-order valence-electron chi connectivity index (χ4n) is 2.84. The van der Waals surface area contributed by atoms with Crippen molar-refractivity contribution < 1.29 is 4.52 Å². The van der Waals surface area contributed by atoms with Crippen molar-refractivity contribution in [2.75, 3.05) is 5.73 Å². The lowest BCUT2D eigenvalue weighted by Crippen LogP contribution is -1.89. The average molecular weight is 361 g/mol. The molecule has 106 valence electrons. The van der Waals surface area contributed by atoms with Crippen LogP contribution in [0.4, 0.5) is 5.82 Å². The molecule has 1 aromatic carbocycles. The Labute approximate surface area is 134 Å². The highest BCUT2D eigenvalue weighted by atomic mass is 79.9. The molecule has 0 aliphatic heterocycles. The molecule has 3 aromatic rings. The summed E-state index contributed by atoms with van der Waals surface area (Å²) in [6.07, 6.45) is 3.60. The summed E-state index contributed by atoms with van der Waals surface area (Å²) in [5.41, 5.74) is 9.39. The molecule has 0 fully saturated rings. The number of hydrogen-bond acceptors (Lipinski definition) is 4. The number of hydrogen-bond donors (Lipinski definition) is 1. The van der Waals surface area contributed by atoms with E-state index in [1.165, 1.54) is 29.7 Å². The summed E-state index contributed by atoms with van der Waals surface area (Å²) in [4.78, 5) is 2.59. The van der Waals surface area contributed by atoms with E-state index < -0.39 is 0 Å². The second-order valence-corrected chi connectivity index (χ2v) is 7.16. The van der Waals surface area contributed by atoms with E-state index in [4.69, 9.17) is 10.3 Å². The largest absolute Gasteiger partial charge is 0.380 e. The van der Waals surface area contributed by atoms with Gasteiger partial charge in [0.15, 0.2) is 11.6 Å². The van der Waals surface area contributed by atoms with Gasteiger partial charge < -0.3 is 10.3 Å². The number of nitrogens with two attached hydrogens (primary N) is 1. The third-order valence-corrected chi connectivity index (χ3v) is 5.76. The standard InChI is InChI=1S/C16H13BrN2OS/c17-11-6-2-1-5-10(11)14-15(20-19-16(14)18)13-8-9-4-3-7-12(9)21-13/h1-2,5-6,8H,3-4,7H2,(H2,18,19). The Morgan fingerprint density at radius 3 is 2.90 bits per heavy atom. The lowest BCUT2D eigenvalue weighted by atomic mass is 10.0. The molecule has 0 radical (unpaired) electrons. The number of nitrogens with zero attached hydrogens (tertiary/aromatic N) is 1. The van der Waals surface area contributed by atoms with E-state index in [0.717, 1.165) is 26.2 Å². The maximum absolute atomic E-state index is 6.05. The van der Waals surface area contributed by atoms with E-state index in [9.17, 15) is 0 Å². The molecule has 0 atom stereocenters. The van der Waals surface area contributed by atoms with Crippen molar-refractivity contribution in [3.63, 3.8) is 0 Å². The summed E-state index contributed by atoms with van der Waals surface area (Å²) in [7, 11) is 0. The van der Waals surface area contributed by atoms with Gasteiger partial charge in [-0.2, -0.15) is 0 Å². The molecule has 0 bridgehead atoms. The van der Waals surface area contributed by atoms with Crippen LogP contribution in [0, 0.1) is 0 Å². The lowest BCUT2D eigenvalue weighted by molar-refractivity contribution is 0.437. The zero-order valence-corrected chi connectivity index (χ0v) is 13.6. The van der Waals surface area contributed by atoms with Crippen LogP contribution < -0.4 is 5.73 Å². The van der Waals surface area contributed by atoms with Crippen LogP contribution in [0.1, 0.15) is 16.9 Å². The van der Waals surface area contributed by atoms with E-state index >= 15 is 0 Å². The van der Waals surface area contributed by atoms with Crippen LogP contribution in [0.3, 0.4) is 0 Å². The molecule has 0 saturated heterocycles. The summed E-state index contributed by atoms with van der Waals surface area (Å²) >= 11 is 5.38. The summed E-state index contributed by atoms with van der Waals surface area (Å²) in [6.45, 7) is 0. The number of fused-ring (bicyclic) bond motifs is 1. The SMILES string of the molecule is Nc1noc(-c2cc3c(s2)CCC3)c1-c1ccccc1Br. The Hall–Kier alpha value is -1.59. The van der Waals surface area contributed by atoms with Crippen molar-refractivity contribution in [2.45, 2.75) is 19.3 Å². The Balaban J connectivity index is 1.89. The van der Waals surface area contributed by atoms with E-state index in [1.807, 2.05) is 24.3 Å². The molecule has 0 spiro atoms. The molecule has 2 N–H and O–H groups in total. The third-order valence-electron chi connectivity index (χ3n) is 3.83. The molecule has 5 heteroatoms. The van der Waals surface area contributed by atoms with Crippen LogP contribution in [-0.4, -0.2) is 5.16 Å². The number of benzene rings is 1. The third kappa shape index (κ3) is 2.12. The average Bonchev–Trinajstić information content (AvgIpc) is 3.13. The van der Waals surface area contributed by atoms with Crippen LogP contribution in [0.5, 0.6) is 0 Å². The minimum atomic E-state index is 0.436. The zero-order valence-electron chi connectivity index (χ0n) is 11.2. The molecule has 21 heavy (non-hydrogen) atoms. The van der Waals surface area contributed by atoms with E-state index in [0.29, 0.717) is 5.82 Å². The van der Waals surface area contributed by atoms with Gasteiger partial charge in [-0.05, 0) is 37.0 Å². The highest BCUT2D eigenvalue weighted by Crippen LogP contribution is 2.44. The van der Waals surface area contributed by atoms with E-state index in [2.05, 4.69) is 27.2 Å². The van der Waals surface area contributed by atoms with Crippen LogP contribution in [0.2, 0.25) is 0 Å². The van der Waals surface area contributed by atoms with Crippen molar-refractivity contribution in [3.05, 3.63) is 45.2 Å². The number of aromatic nitrogens is 1. The van der Waals surface area contributed by atoms with E-state index in [1.54, 1.807) is 11.3 Å². The Morgan fingerprint density at radius 2 is 2.10 bits per heavy atom. The zero-order chi connectivity index (χ0) is 14.4. The molecule has 2 aromatic heterocycles. The number of halogens is 1. The predicted molar refractivity (Wildman–Crippen MR) is 89.4 cm³/mol. The van der Waals surface area contributed by atoms with Crippen LogP contribution in [0.15, 0.2) is 39.3 Å².